The summed E-state index contributed by atoms with van der Waals surface area (Å²) < 4.78 is 7.30. The highest BCUT2D eigenvalue weighted by Crippen LogP contribution is 2.62. The summed E-state index contributed by atoms with van der Waals surface area (Å²) in [4.78, 5) is 28.3. The minimum atomic E-state index is -0.691. The molecule has 2 aliphatic rings. The van der Waals surface area contributed by atoms with Crippen molar-refractivity contribution in [3.63, 3.8) is 0 Å². The molecular formula is C33H31N3O4. The molecule has 2 fully saturated rings. The number of nitrogens with zero attached hydrogens (tertiary/aromatic N) is 3. The van der Waals surface area contributed by atoms with Crippen molar-refractivity contribution in [3.8, 4) is 16.9 Å². The highest BCUT2D eigenvalue weighted by molar-refractivity contribution is 6.07. The van der Waals surface area contributed by atoms with Crippen LogP contribution in [0.1, 0.15) is 61.0 Å². The number of carboxylic acids is 1. The second-order valence-corrected chi connectivity index (χ2v) is 11.5. The molecule has 4 aromatic rings. The molecule has 0 bridgehead atoms. The zero-order chi connectivity index (χ0) is 28.0. The van der Waals surface area contributed by atoms with E-state index >= 15 is 0 Å². The number of aliphatic carboxylic acids is 1. The summed E-state index contributed by atoms with van der Waals surface area (Å²) in [5, 5.41) is 14.8. The molecule has 1 N–H and O–H groups in total. The molecule has 7 heteroatoms. The largest absolute Gasteiger partial charge is 0.498 e. The first-order chi connectivity index (χ1) is 19.3. The standard InChI is InChI=1S/C33H31N3O4/c1-20(22-7-9-23(10-8-22)25-12-27(34-2)14-28(13-25)40-3)36-31-24(19-35-36)5-4-6-29(31)30(37)11-21-15-33(16-21)17-26(18-33)32(38)39/h4-10,12-14,19-21,26H,11,15-18H2,1,3H3,(H,38,39). The summed E-state index contributed by atoms with van der Waals surface area (Å²) in [7, 11) is 1.60. The number of para-hydroxylation sites is 1. The number of ketones is 1. The first kappa shape index (κ1) is 25.8. The van der Waals surface area contributed by atoms with E-state index in [1.165, 1.54) is 0 Å². The fourth-order valence-corrected chi connectivity index (χ4v) is 6.82. The normalized spacial score (nSPS) is 22.2. The highest BCUT2D eigenvalue weighted by Gasteiger charge is 2.54. The van der Waals surface area contributed by atoms with Crippen LogP contribution in [0, 0.1) is 23.8 Å². The van der Waals surface area contributed by atoms with Crippen LogP contribution in [-0.4, -0.2) is 33.7 Å². The summed E-state index contributed by atoms with van der Waals surface area (Å²) in [6.45, 7) is 9.46. The number of hydrogen-bond donors (Lipinski definition) is 1. The molecule has 1 spiro atoms. The maximum atomic E-state index is 13.5. The zero-order valence-electron chi connectivity index (χ0n) is 22.6. The lowest BCUT2D eigenvalue weighted by Crippen LogP contribution is -2.50. The van der Waals surface area contributed by atoms with Gasteiger partial charge < -0.3 is 9.84 Å². The van der Waals surface area contributed by atoms with Gasteiger partial charge in [0, 0.05) is 17.4 Å². The Morgan fingerprint density at radius 2 is 1.85 bits per heavy atom. The van der Waals surface area contributed by atoms with Gasteiger partial charge in [0.15, 0.2) is 11.5 Å². The van der Waals surface area contributed by atoms with Gasteiger partial charge in [0.05, 0.1) is 37.4 Å². The molecule has 202 valence electrons. The van der Waals surface area contributed by atoms with E-state index in [1.807, 2.05) is 53.3 Å². The molecule has 1 aromatic heterocycles. The third-order valence-corrected chi connectivity index (χ3v) is 8.89. The molecule has 6 rings (SSSR count). The Bertz CT molecular complexity index is 1650. The Balaban J connectivity index is 1.21. The van der Waals surface area contributed by atoms with Crippen LogP contribution < -0.4 is 4.74 Å². The average Bonchev–Trinajstić information content (AvgIpc) is 3.37. The van der Waals surface area contributed by atoms with Gasteiger partial charge in [-0.05, 0) is 84.9 Å². The predicted octanol–water partition coefficient (Wildman–Crippen LogP) is 7.34. The third kappa shape index (κ3) is 4.54. The molecule has 2 saturated carbocycles. The van der Waals surface area contributed by atoms with Crippen LogP contribution in [0.25, 0.3) is 26.9 Å². The summed E-state index contributed by atoms with van der Waals surface area (Å²) in [5.74, 6) is 0.192. The Hall–Kier alpha value is -4.44. The van der Waals surface area contributed by atoms with Crippen molar-refractivity contribution >= 4 is 28.3 Å². The third-order valence-electron chi connectivity index (χ3n) is 8.89. The number of fused-ring (bicyclic) bond motifs is 1. The summed E-state index contributed by atoms with van der Waals surface area (Å²) in [6, 6.07) is 19.4. The number of ether oxygens (including phenoxy) is 1. The van der Waals surface area contributed by atoms with E-state index in [0.717, 1.165) is 53.3 Å². The number of benzene rings is 3. The van der Waals surface area contributed by atoms with Crippen molar-refractivity contribution in [2.75, 3.05) is 7.11 Å². The lowest BCUT2D eigenvalue weighted by atomic mass is 9.47. The van der Waals surface area contributed by atoms with Crippen molar-refractivity contribution < 1.29 is 19.4 Å². The lowest BCUT2D eigenvalue weighted by Gasteiger charge is -2.56. The van der Waals surface area contributed by atoms with Crippen molar-refractivity contribution in [2.45, 2.75) is 45.1 Å². The number of carbonyl (C=O) groups is 2. The Kier molecular flexibility index (Phi) is 6.42. The molecule has 0 aliphatic heterocycles. The van der Waals surface area contributed by atoms with Gasteiger partial charge in [-0.25, -0.2) is 4.85 Å². The average molecular weight is 534 g/mol. The lowest BCUT2D eigenvalue weighted by molar-refractivity contribution is -0.157. The Morgan fingerprint density at radius 1 is 1.10 bits per heavy atom. The molecule has 40 heavy (non-hydrogen) atoms. The van der Waals surface area contributed by atoms with E-state index < -0.39 is 5.97 Å². The Labute approximate surface area is 233 Å². The molecule has 0 amide bonds. The van der Waals surface area contributed by atoms with Crippen LogP contribution in [-0.2, 0) is 4.79 Å². The summed E-state index contributed by atoms with van der Waals surface area (Å²) in [6.07, 6.45) is 5.71. The number of methoxy groups -OCH3 is 1. The van der Waals surface area contributed by atoms with E-state index in [4.69, 9.17) is 11.3 Å². The quantitative estimate of drug-likeness (QED) is 0.189. The molecule has 0 saturated heterocycles. The van der Waals surface area contributed by atoms with Gasteiger partial charge in [-0.1, -0.05) is 36.4 Å². The van der Waals surface area contributed by atoms with Gasteiger partial charge in [-0.3, -0.25) is 14.3 Å². The number of hydrogen-bond acceptors (Lipinski definition) is 4. The Morgan fingerprint density at radius 3 is 2.52 bits per heavy atom. The molecule has 0 radical (unpaired) electrons. The van der Waals surface area contributed by atoms with E-state index in [1.54, 1.807) is 13.2 Å². The van der Waals surface area contributed by atoms with Crippen LogP contribution in [0.2, 0.25) is 0 Å². The molecule has 3 aromatic carbocycles. The molecule has 1 atom stereocenters. The van der Waals surface area contributed by atoms with Crippen molar-refractivity contribution in [1.29, 1.82) is 0 Å². The molecule has 1 unspecified atom stereocenters. The second kappa shape index (κ2) is 9.95. The van der Waals surface area contributed by atoms with Gasteiger partial charge in [-0.2, -0.15) is 5.10 Å². The van der Waals surface area contributed by atoms with Crippen LogP contribution in [0.4, 0.5) is 5.69 Å². The smallest absolute Gasteiger partial charge is 0.306 e. The zero-order valence-corrected chi connectivity index (χ0v) is 22.6. The van der Waals surface area contributed by atoms with Gasteiger partial charge in [0.2, 0.25) is 0 Å². The van der Waals surface area contributed by atoms with Gasteiger partial charge >= 0.3 is 5.97 Å². The highest BCUT2D eigenvalue weighted by atomic mass is 16.5. The molecular weight excluding hydrogens is 502 g/mol. The number of carbonyl (C=O) groups excluding carboxylic acids is 1. The van der Waals surface area contributed by atoms with Crippen molar-refractivity contribution in [3.05, 3.63) is 89.4 Å². The van der Waals surface area contributed by atoms with E-state index in [-0.39, 0.29) is 23.2 Å². The maximum absolute atomic E-state index is 13.5. The number of rotatable bonds is 8. The van der Waals surface area contributed by atoms with Gasteiger partial charge in [-0.15, -0.1) is 0 Å². The summed E-state index contributed by atoms with van der Waals surface area (Å²) in [5.41, 5.74) is 5.19. The first-order valence-electron chi connectivity index (χ1n) is 13.7. The van der Waals surface area contributed by atoms with Crippen LogP contribution >= 0.6 is 0 Å². The van der Waals surface area contributed by atoms with Crippen LogP contribution in [0.15, 0.2) is 66.9 Å². The monoisotopic (exact) mass is 533 g/mol. The van der Waals surface area contributed by atoms with E-state index in [0.29, 0.717) is 29.3 Å². The van der Waals surface area contributed by atoms with Crippen LogP contribution in [0.3, 0.4) is 0 Å². The van der Waals surface area contributed by atoms with Crippen LogP contribution in [0.5, 0.6) is 5.75 Å². The number of Topliss-reactive ketones (excluding diaryl/α,β-unsaturated/α-hetero) is 1. The number of aromatic nitrogens is 2. The fourth-order valence-electron chi connectivity index (χ4n) is 6.82. The van der Waals surface area contributed by atoms with Gasteiger partial charge in [0.25, 0.3) is 0 Å². The molecule has 1 heterocycles. The predicted molar refractivity (Wildman–Crippen MR) is 153 cm³/mol. The van der Waals surface area contributed by atoms with E-state index in [2.05, 4.69) is 29.0 Å². The molecule has 7 nitrogen and oxygen atoms in total. The fraction of sp³-hybridized carbons (Fsp3) is 0.333. The van der Waals surface area contributed by atoms with Gasteiger partial charge in [0.1, 0.15) is 5.75 Å². The van der Waals surface area contributed by atoms with Crippen molar-refractivity contribution in [2.24, 2.45) is 17.3 Å². The number of carboxylic acid groups (broad SMARTS) is 1. The molecule has 2 aliphatic carbocycles. The first-order valence-corrected chi connectivity index (χ1v) is 13.7. The SMILES string of the molecule is [C-]#[N+]c1cc(OC)cc(-c2ccc(C(C)n3ncc4cccc(C(=O)CC5CC6(C5)CC(C(=O)O)C6)c43)cc2)c1. The van der Waals surface area contributed by atoms with E-state index in [9.17, 15) is 14.7 Å². The summed E-state index contributed by atoms with van der Waals surface area (Å²) >= 11 is 0. The van der Waals surface area contributed by atoms with Crippen molar-refractivity contribution in [1.82, 2.24) is 9.78 Å². The minimum Gasteiger partial charge on any atom is -0.498 e. The maximum Gasteiger partial charge on any atom is 0.306 e. The topological polar surface area (TPSA) is 85.8 Å². The minimum absolute atomic E-state index is 0.0977. The second-order valence-electron chi connectivity index (χ2n) is 11.5.